The molecule has 2 rings (SSSR count). The molecule has 0 spiro atoms. The molecule has 0 aliphatic heterocycles. The Hall–Kier alpha value is -3.91. The third-order valence-corrected chi connectivity index (χ3v) is 5.23. The van der Waals surface area contributed by atoms with Crippen LogP contribution in [0.4, 0.5) is 10.1 Å². The third-order valence-electron chi connectivity index (χ3n) is 5.23. The first-order valence-electron chi connectivity index (χ1n) is 9.81. The molecular weight excluding hydrogens is 411 g/mol. The zero-order valence-electron chi connectivity index (χ0n) is 18.9. The maximum atomic E-state index is 13.5. The zero-order valence-corrected chi connectivity index (χ0v) is 18.9. The van der Waals surface area contributed by atoms with Gasteiger partial charge < -0.3 is 15.2 Å². The number of halogens is 1. The van der Waals surface area contributed by atoms with E-state index in [1.54, 1.807) is 27.0 Å². The number of anilines is 1. The summed E-state index contributed by atoms with van der Waals surface area (Å²) in [5.41, 5.74) is 0.572. The lowest BCUT2D eigenvalue weighted by molar-refractivity contribution is -0.117. The summed E-state index contributed by atoms with van der Waals surface area (Å²) in [6.07, 6.45) is 5.50. The minimum Gasteiger partial charge on any atom is -0.343 e. The predicted molar refractivity (Wildman–Crippen MR) is 119 cm³/mol. The minimum atomic E-state index is -0.858. The van der Waals surface area contributed by atoms with Crippen molar-refractivity contribution in [3.63, 3.8) is 0 Å². The van der Waals surface area contributed by atoms with E-state index in [1.807, 2.05) is 20.8 Å². The van der Waals surface area contributed by atoms with Gasteiger partial charge in [-0.3, -0.25) is 14.4 Å². The lowest BCUT2D eigenvalue weighted by atomic mass is 9.87. The monoisotopic (exact) mass is 436 g/mol. The van der Waals surface area contributed by atoms with Crippen molar-refractivity contribution in [1.82, 2.24) is 9.88 Å². The number of carbonyl (C=O) groups is 3. The Balaban J connectivity index is 2.37. The quantitative estimate of drug-likeness (QED) is 0.426. The van der Waals surface area contributed by atoms with E-state index in [0.29, 0.717) is 11.3 Å². The highest BCUT2D eigenvalue weighted by Crippen LogP contribution is 2.24. The number of Topliss-reactive ketones (excluding diaryl/α,β-unsaturated/α-hetero) is 1. The van der Waals surface area contributed by atoms with Gasteiger partial charge in [-0.25, -0.2) is 4.39 Å². The largest absolute Gasteiger partial charge is 0.343 e. The van der Waals surface area contributed by atoms with Crippen LogP contribution in [0.2, 0.25) is 0 Å². The van der Waals surface area contributed by atoms with Crippen LogP contribution in [0.5, 0.6) is 0 Å². The van der Waals surface area contributed by atoms with E-state index in [-0.39, 0.29) is 22.5 Å². The molecule has 166 valence electrons. The number of nitrogens with zero attached hydrogens (tertiary/aromatic N) is 2. The van der Waals surface area contributed by atoms with E-state index in [2.05, 4.69) is 16.6 Å². The highest BCUT2D eigenvalue weighted by molar-refractivity contribution is 6.43. The first kappa shape index (κ1) is 24.4. The molecule has 1 aromatic heterocycles. The predicted octanol–water partition coefficient (Wildman–Crippen LogP) is 3.25. The van der Waals surface area contributed by atoms with Crippen LogP contribution >= 0.6 is 0 Å². The molecule has 1 aromatic carbocycles. The van der Waals surface area contributed by atoms with Gasteiger partial charge in [-0.05, 0) is 43.0 Å². The number of carbonyl (C=O) groups excluding carboxylic acids is 3. The van der Waals surface area contributed by atoms with E-state index >= 15 is 0 Å². The molecule has 0 radical (unpaired) electrons. The van der Waals surface area contributed by atoms with Gasteiger partial charge in [-0.15, -0.1) is 6.42 Å². The van der Waals surface area contributed by atoms with Crippen LogP contribution in [0.15, 0.2) is 18.2 Å². The number of nitrogens with one attached hydrogen (secondary N) is 2. The van der Waals surface area contributed by atoms with Crippen LogP contribution in [0.3, 0.4) is 0 Å². The van der Waals surface area contributed by atoms with Gasteiger partial charge in [-0.1, -0.05) is 26.7 Å². The molecule has 0 fully saturated rings. The first-order chi connectivity index (χ1) is 14.8. The Bertz CT molecular complexity index is 1190. The number of benzene rings is 1. The topological polar surface area (TPSA) is 104 Å². The molecule has 0 saturated heterocycles. The van der Waals surface area contributed by atoms with Crippen molar-refractivity contribution in [3.05, 3.63) is 52.1 Å². The normalized spacial score (nSPS) is 11.8. The fourth-order valence-corrected chi connectivity index (χ4v) is 3.33. The van der Waals surface area contributed by atoms with E-state index < -0.39 is 34.9 Å². The Morgan fingerprint density at radius 3 is 2.38 bits per heavy atom. The highest BCUT2D eigenvalue weighted by atomic mass is 19.1. The number of rotatable bonds is 5. The second-order valence-electron chi connectivity index (χ2n) is 8.52. The smallest absolute Gasteiger partial charge is 0.293 e. The number of amides is 2. The Kier molecular flexibility index (Phi) is 6.90. The van der Waals surface area contributed by atoms with Crippen molar-refractivity contribution in [3.8, 4) is 18.4 Å². The van der Waals surface area contributed by atoms with Crippen molar-refractivity contribution in [2.75, 3.05) is 5.32 Å². The Morgan fingerprint density at radius 1 is 1.22 bits per heavy atom. The van der Waals surface area contributed by atoms with E-state index in [1.165, 1.54) is 16.7 Å². The van der Waals surface area contributed by atoms with E-state index in [4.69, 9.17) is 11.7 Å². The van der Waals surface area contributed by atoms with Crippen LogP contribution < -0.4 is 10.6 Å². The molecule has 1 atom stereocenters. The van der Waals surface area contributed by atoms with Gasteiger partial charge in [0, 0.05) is 18.4 Å². The molecule has 0 saturated carbocycles. The number of ketones is 1. The van der Waals surface area contributed by atoms with Crippen LogP contribution in [-0.2, 0) is 11.8 Å². The Labute approximate surface area is 186 Å². The average Bonchev–Trinajstić information content (AvgIpc) is 2.94. The maximum absolute atomic E-state index is 13.5. The summed E-state index contributed by atoms with van der Waals surface area (Å²) in [5, 5.41) is 14.1. The summed E-state index contributed by atoms with van der Waals surface area (Å²) in [6.45, 7) is 8.72. The lowest BCUT2D eigenvalue weighted by Gasteiger charge is -2.26. The summed E-state index contributed by atoms with van der Waals surface area (Å²) in [4.78, 5) is 38.5. The molecule has 0 bridgehead atoms. The van der Waals surface area contributed by atoms with Crippen LogP contribution in [0.25, 0.3) is 0 Å². The molecule has 8 heteroatoms. The van der Waals surface area contributed by atoms with E-state index in [9.17, 15) is 18.8 Å². The molecule has 32 heavy (non-hydrogen) atoms. The van der Waals surface area contributed by atoms with Crippen molar-refractivity contribution in [1.29, 1.82) is 5.26 Å². The standard InChI is InChI=1S/C24H25FN4O3/c1-8-18(24(4,5)6)28-23(32)21(30)19-13(2)20(29(7)14(19)3)22(31)27-16-9-10-17(25)15(11-16)12-26/h1,9-11,18H,2-7H3,(H,27,31)(H,28,32)/t18-/m1/s1. The van der Waals surface area contributed by atoms with Gasteiger partial charge >= 0.3 is 0 Å². The van der Waals surface area contributed by atoms with Gasteiger partial charge in [0.25, 0.3) is 17.6 Å². The van der Waals surface area contributed by atoms with Crippen LogP contribution in [0.1, 0.15) is 58.4 Å². The molecule has 2 aromatic rings. The SMILES string of the molecule is C#C[C@@H](NC(=O)C(=O)c1c(C)c(C(=O)Nc2ccc(F)c(C#N)c2)n(C)c1C)C(C)(C)C. The lowest BCUT2D eigenvalue weighted by Crippen LogP contribution is -2.45. The van der Waals surface area contributed by atoms with Crippen molar-refractivity contribution >= 4 is 23.3 Å². The summed E-state index contributed by atoms with van der Waals surface area (Å²) < 4.78 is 15.0. The van der Waals surface area contributed by atoms with Crippen molar-refractivity contribution < 1.29 is 18.8 Å². The zero-order chi connectivity index (χ0) is 24.4. The molecule has 0 unspecified atom stereocenters. The second-order valence-corrected chi connectivity index (χ2v) is 8.52. The summed E-state index contributed by atoms with van der Waals surface area (Å²) >= 11 is 0. The fraction of sp³-hybridized carbons (Fsp3) is 0.333. The summed E-state index contributed by atoms with van der Waals surface area (Å²) in [5.74, 6) is -0.444. The van der Waals surface area contributed by atoms with Gasteiger partial charge in [0.1, 0.15) is 17.6 Å². The number of hydrogen-bond acceptors (Lipinski definition) is 4. The first-order valence-corrected chi connectivity index (χ1v) is 9.81. The highest BCUT2D eigenvalue weighted by Gasteiger charge is 2.31. The molecule has 0 aliphatic rings. The summed E-state index contributed by atoms with van der Waals surface area (Å²) in [7, 11) is 1.59. The van der Waals surface area contributed by atoms with Crippen molar-refractivity contribution in [2.24, 2.45) is 12.5 Å². The van der Waals surface area contributed by atoms with Gasteiger partial charge in [-0.2, -0.15) is 5.26 Å². The third kappa shape index (κ3) is 4.70. The number of nitriles is 1. The van der Waals surface area contributed by atoms with Gasteiger partial charge in [0.2, 0.25) is 0 Å². The number of terminal acetylenes is 1. The van der Waals surface area contributed by atoms with Crippen LogP contribution in [0, 0.1) is 48.8 Å². The minimum absolute atomic E-state index is 0.108. The number of hydrogen-bond donors (Lipinski definition) is 2. The van der Waals surface area contributed by atoms with Gasteiger partial charge in [0.15, 0.2) is 0 Å². The average molecular weight is 436 g/mol. The molecule has 1 heterocycles. The molecule has 2 N–H and O–H groups in total. The van der Waals surface area contributed by atoms with Crippen LogP contribution in [-0.4, -0.2) is 28.2 Å². The maximum Gasteiger partial charge on any atom is 0.293 e. The fourth-order valence-electron chi connectivity index (χ4n) is 3.33. The summed E-state index contributed by atoms with van der Waals surface area (Å²) in [6, 6.07) is 4.67. The molecule has 2 amide bonds. The van der Waals surface area contributed by atoms with Gasteiger partial charge in [0.05, 0.1) is 17.2 Å². The number of aromatic nitrogens is 1. The van der Waals surface area contributed by atoms with Crippen molar-refractivity contribution in [2.45, 2.75) is 40.7 Å². The second kappa shape index (κ2) is 9.07. The Morgan fingerprint density at radius 2 is 1.84 bits per heavy atom. The van der Waals surface area contributed by atoms with E-state index in [0.717, 1.165) is 6.07 Å². The molecular formula is C24H25FN4O3. The molecule has 7 nitrogen and oxygen atoms in total. The molecule has 0 aliphatic carbocycles.